The summed E-state index contributed by atoms with van der Waals surface area (Å²) in [6, 6.07) is 1.05. The van der Waals surface area contributed by atoms with Gasteiger partial charge in [0.05, 0.1) is 0 Å². The van der Waals surface area contributed by atoms with E-state index in [2.05, 4.69) is 12.0 Å². The number of carbonyl (C=O) groups excluding carboxylic acids is 1. The number of likely N-dealkylation sites (tertiary alicyclic amines) is 1. The van der Waals surface area contributed by atoms with Crippen molar-refractivity contribution in [2.24, 2.45) is 5.92 Å². The summed E-state index contributed by atoms with van der Waals surface area (Å²) in [6.45, 7) is 2.69. The normalized spacial score (nSPS) is 23.3. The third-order valence-corrected chi connectivity index (χ3v) is 3.75. The van der Waals surface area contributed by atoms with Crippen molar-refractivity contribution < 1.29 is 14.7 Å². The fraction of sp³-hybridized carbons (Fsp3) is 0.615. The third kappa shape index (κ3) is 3.13. The van der Waals surface area contributed by atoms with E-state index in [-0.39, 0.29) is 12.5 Å². The Hall–Kier alpha value is -1.85. The predicted molar refractivity (Wildman–Crippen MR) is 68.4 cm³/mol. The molecule has 6 nitrogen and oxygen atoms in total. The molecule has 0 bridgehead atoms. The second-order valence-electron chi connectivity index (χ2n) is 4.94. The lowest BCUT2D eigenvalue weighted by Crippen LogP contribution is -2.51. The molecule has 2 unspecified atom stereocenters. The first-order valence-electron chi connectivity index (χ1n) is 6.61. The minimum Gasteiger partial charge on any atom is -0.480 e. The molecule has 2 atom stereocenters. The van der Waals surface area contributed by atoms with Gasteiger partial charge in [-0.2, -0.15) is 5.10 Å². The molecule has 0 saturated carbocycles. The molecule has 19 heavy (non-hydrogen) atoms. The van der Waals surface area contributed by atoms with Crippen LogP contribution in [0.1, 0.15) is 26.2 Å². The zero-order valence-electron chi connectivity index (χ0n) is 11.0. The first-order chi connectivity index (χ1) is 9.11. The molecule has 0 spiro atoms. The third-order valence-electron chi connectivity index (χ3n) is 3.75. The van der Waals surface area contributed by atoms with Crippen molar-refractivity contribution in [3.63, 3.8) is 0 Å². The lowest BCUT2D eigenvalue weighted by molar-refractivity contribution is -0.153. The van der Waals surface area contributed by atoms with Gasteiger partial charge in [0.15, 0.2) is 0 Å². The van der Waals surface area contributed by atoms with Crippen molar-refractivity contribution in [1.82, 2.24) is 14.7 Å². The van der Waals surface area contributed by atoms with Crippen molar-refractivity contribution in [3.05, 3.63) is 18.5 Å². The highest BCUT2D eigenvalue weighted by Crippen LogP contribution is 2.25. The number of carboxylic acids is 1. The number of hydrogen-bond acceptors (Lipinski definition) is 3. The van der Waals surface area contributed by atoms with E-state index >= 15 is 0 Å². The molecular weight excluding hydrogens is 246 g/mol. The van der Waals surface area contributed by atoms with Crippen LogP contribution in [0.4, 0.5) is 0 Å². The van der Waals surface area contributed by atoms with Crippen LogP contribution < -0.4 is 0 Å². The maximum atomic E-state index is 12.2. The summed E-state index contributed by atoms with van der Waals surface area (Å²) >= 11 is 0. The minimum atomic E-state index is -0.910. The Bertz CT molecular complexity index is 444. The molecule has 104 valence electrons. The number of hydrogen-bond donors (Lipinski definition) is 1. The molecule has 2 heterocycles. The molecule has 0 aromatic carbocycles. The largest absolute Gasteiger partial charge is 0.480 e. The summed E-state index contributed by atoms with van der Waals surface area (Å²) in [4.78, 5) is 25.0. The summed E-state index contributed by atoms with van der Waals surface area (Å²) in [7, 11) is 0. The van der Waals surface area contributed by atoms with Crippen molar-refractivity contribution in [3.8, 4) is 0 Å². The van der Waals surface area contributed by atoms with Crippen molar-refractivity contribution in [2.75, 3.05) is 6.54 Å². The van der Waals surface area contributed by atoms with Gasteiger partial charge in [0.1, 0.15) is 12.6 Å². The fourth-order valence-corrected chi connectivity index (χ4v) is 2.57. The Morgan fingerprint density at radius 1 is 1.47 bits per heavy atom. The van der Waals surface area contributed by atoms with Gasteiger partial charge in [-0.05, 0) is 24.8 Å². The number of carbonyl (C=O) groups is 2. The van der Waals surface area contributed by atoms with Crippen molar-refractivity contribution in [2.45, 2.75) is 38.8 Å². The Balaban J connectivity index is 2.04. The molecule has 1 aromatic rings. The smallest absolute Gasteiger partial charge is 0.326 e. The highest BCUT2D eigenvalue weighted by molar-refractivity contribution is 5.83. The number of aliphatic carboxylic acids is 1. The first kappa shape index (κ1) is 13.6. The van der Waals surface area contributed by atoms with E-state index in [4.69, 9.17) is 0 Å². The number of nitrogens with zero attached hydrogens (tertiary/aromatic N) is 3. The summed E-state index contributed by atoms with van der Waals surface area (Å²) in [5, 5.41) is 13.3. The fourth-order valence-electron chi connectivity index (χ4n) is 2.57. The van der Waals surface area contributed by atoms with E-state index in [1.807, 2.05) is 0 Å². The van der Waals surface area contributed by atoms with Crippen LogP contribution in [0.25, 0.3) is 0 Å². The zero-order valence-corrected chi connectivity index (χ0v) is 11.0. The molecule has 0 radical (unpaired) electrons. The molecule has 1 amide bonds. The quantitative estimate of drug-likeness (QED) is 0.880. The maximum absolute atomic E-state index is 12.2. The Labute approximate surface area is 112 Å². The summed E-state index contributed by atoms with van der Waals surface area (Å²) in [5.74, 6) is -0.688. The molecule has 1 saturated heterocycles. The monoisotopic (exact) mass is 265 g/mol. The van der Waals surface area contributed by atoms with Gasteiger partial charge in [-0.25, -0.2) is 4.79 Å². The van der Waals surface area contributed by atoms with Crippen LogP contribution in [0.5, 0.6) is 0 Å². The van der Waals surface area contributed by atoms with Gasteiger partial charge in [-0.3, -0.25) is 9.48 Å². The van der Waals surface area contributed by atoms with Crippen molar-refractivity contribution in [1.29, 1.82) is 0 Å². The molecular formula is C13H19N3O3. The SMILES string of the molecule is CCC1CCN(C(=O)Cn2cccn2)C(C(=O)O)C1. The van der Waals surface area contributed by atoms with Crippen LogP contribution in [0.3, 0.4) is 0 Å². The molecule has 2 rings (SSSR count). The molecule has 1 aliphatic heterocycles. The van der Waals surface area contributed by atoms with Gasteiger partial charge >= 0.3 is 5.97 Å². The van der Waals surface area contributed by atoms with E-state index in [9.17, 15) is 14.7 Å². The minimum absolute atomic E-state index is 0.105. The second kappa shape index (κ2) is 5.86. The van der Waals surface area contributed by atoms with Crippen LogP contribution in [-0.2, 0) is 16.1 Å². The Morgan fingerprint density at radius 2 is 2.26 bits per heavy atom. The average Bonchev–Trinajstić information content (AvgIpc) is 2.90. The maximum Gasteiger partial charge on any atom is 0.326 e. The van der Waals surface area contributed by atoms with Crippen molar-refractivity contribution >= 4 is 11.9 Å². The lowest BCUT2D eigenvalue weighted by atomic mass is 9.89. The van der Waals surface area contributed by atoms with Crippen LogP contribution in [-0.4, -0.2) is 44.3 Å². The van der Waals surface area contributed by atoms with Gasteiger partial charge in [0.2, 0.25) is 5.91 Å². The standard InChI is InChI=1S/C13H19N3O3/c1-2-10-4-7-16(11(8-10)13(18)19)12(17)9-15-6-3-5-14-15/h3,5-6,10-11H,2,4,7-9H2,1H3,(H,18,19). The Kier molecular flexibility index (Phi) is 4.19. The van der Waals surface area contributed by atoms with E-state index in [0.717, 1.165) is 12.8 Å². The second-order valence-corrected chi connectivity index (χ2v) is 4.94. The van der Waals surface area contributed by atoms with Crippen LogP contribution >= 0.6 is 0 Å². The van der Waals surface area contributed by atoms with Gasteiger partial charge in [0.25, 0.3) is 0 Å². The van der Waals surface area contributed by atoms with Gasteiger partial charge in [-0.15, -0.1) is 0 Å². The predicted octanol–water partition coefficient (Wildman–Crippen LogP) is 0.985. The highest BCUT2D eigenvalue weighted by atomic mass is 16.4. The topological polar surface area (TPSA) is 75.4 Å². The number of piperidine rings is 1. The number of amides is 1. The summed E-state index contributed by atoms with van der Waals surface area (Å²) in [5.41, 5.74) is 0. The van der Waals surface area contributed by atoms with Crippen LogP contribution in [0.15, 0.2) is 18.5 Å². The number of aromatic nitrogens is 2. The molecule has 1 aliphatic rings. The molecule has 0 aliphatic carbocycles. The Morgan fingerprint density at radius 3 is 2.84 bits per heavy atom. The van der Waals surface area contributed by atoms with Crippen LogP contribution in [0, 0.1) is 5.92 Å². The van der Waals surface area contributed by atoms with E-state index in [0.29, 0.717) is 18.9 Å². The van der Waals surface area contributed by atoms with E-state index < -0.39 is 12.0 Å². The van der Waals surface area contributed by atoms with E-state index in [1.54, 1.807) is 18.5 Å². The molecule has 1 N–H and O–H groups in total. The zero-order chi connectivity index (χ0) is 13.8. The highest BCUT2D eigenvalue weighted by Gasteiger charge is 2.35. The average molecular weight is 265 g/mol. The number of rotatable bonds is 4. The van der Waals surface area contributed by atoms with Gasteiger partial charge in [0, 0.05) is 18.9 Å². The van der Waals surface area contributed by atoms with E-state index in [1.165, 1.54) is 9.58 Å². The summed E-state index contributed by atoms with van der Waals surface area (Å²) in [6.07, 6.45) is 5.70. The van der Waals surface area contributed by atoms with Gasteiger partial charge in [-0.1, -0.05) is 13.3 Å². The van der Waals surface area contributed by atoms with Gasteiger partial charge < -0.3 is 10.0 Å². The number of carboxylic acid groups (broad SMARTS) is 1. The molecule has 6 heteroatoms. The molecule has 1 fully saturated rings. The first-order valence-corrected chi connectivity index (χ1v) is 6.61. The molecule has 1 aromatic heterocycles. The summed E-state index contributed by atoms with van der Waals surface area (Å²) < 4.78 is 1.52. The van der Waals surface area contributed by atoms with Crippen LogP contribution in [0.2, 0.25) is 0 Å². The lowest BCUT2D eigenvalue weighted by Gasteiger charge is -2.36.